The second-order valence-electron chi connectivity index (χ2n) is 12.4. The van der Waals surface area contributed by atoms with Gasteiger partial charge in [-0.05, 0) is 60.9 Å². The largest absolute Gasteiger partial charge is 0.493 e. The minimum atomic E-state index is -0.400. The molecule has 7 rings (SSSR count). The van der Waals surface area contributed by atoms with Gasteiger partial charge in [-0.15, -0.1) is 0 Å². The molecule has 0 atom stereocenters. The van der Waals surface area contributed by atoms with Gasteiger partial charge in [-0.1, -0.05) is 12.1 Å². The van der Waals surface area contributed by atoms with Crippen LogP contribution in [0.25, 0.3) is 11.0 Å². The van der Waals surface area contributed by atoms with Crippen molar-refractivity contribution in [1.82, 2.24) is 30.0 Å². The Labute approximate surface area is 266 Å². The van der Waals surface area contributed by atoms with Crippen molar-refractivity contribution in [2.45, 2.75) is 44.2 Å². The highest BCUT2D eigenvalue weighted by atomic mass is 16.6. The van der Waals surface area contributed by atoms with Crippen molar-refractivity contribution in [1.29, 1.82) is 0 Å². The number of nitrogens with one attached hydrogen (secondary N) is 1. The van der Waals surface area contributed by atoms with Crippen LogP contribution in [0.4, 0.5) is 11.5 Å². The van der Waals surface area contributed by atoms with Crippen LogP contribution in [0.15, 0.2) is 48.9 Å². The maximum atomic E-state index is 13.7. The van der Waals surface area contributed by atoms with E-state index in [0.717, 1.165) is 66.9 Å². The van der Waals surface area contributed by atoms with Crippen molar-refractivity contribution in [3.05, 3.63) is 75.7 Å². The number of nitrogens with zero attached hydrogens (tertiary/aromatic N) is 7. The van der Waals surface area contributed by atoms with Crippen LogP contribution in [0.5, 0.6) is 11.5 Å². The normalized spacial score (nSPS) is 21.3. The molecule has 13 heteroatoms. The van der Waals surface area contributed by atoms with E-state index in [0.29, 0.717) is 38.4 Å². The number of nitro groups is 1. The molecule has 13 nitrogen and oxygen atoms in total. The molecule has 46 heavy (non-hydrogen) atoms. The lowest BCUT2D eigenvalue weighted by Crippen LogP contribution is -2.53. The van der Waals surface area contributed by atoms with Gasteiger partial charge in [0.25, 0.3) is 5.69 Å². The van der Waals surface area contributed by atoms with Crippen LogP contribution < -0.4 is 19.7 Å². The quantitative estimate of drug-likeness (QED) is 0.239. The maximum absolute atomic E-state index is 13.7. The van der Waals surface area contributed by atoms with Crippen molar-refractivity contribution < 1.29 is 19.2 Å². The Kier molecular flexibility index (Phi) is 7.93. The molecule has 2 fully saturated rings. The Bertz CT molecular complexity index is 1780. The Morgan fingerprint density at radius 1 is 1.07 bits per heavy atom. The lowest BCUT2D eigenvalue weighted by atomic mass is 9.69. The lowest BCUT2D eigenvalue weighted by Gasteiger charge is -2.46. The van der Waals surface area contributed by atoms with Crippen molar-refractivity contribution >= 4 is 28.4 Å². The summed E-state index contributed by atoms with van der Waals surface area (Å²) < 4.78 is 12.9. The van der Waals surface area contributed by atoms with E-state index in [1.54, 1.807) is 37.2 Å². The smallest absolute Gasteiger partial charge is 0.269 e. The molecule has 1 aliphatic carbocycles. The summed E-state index contributed by atoms with van der Waals surface area (Å²) in [4.78, 5) is 37.8. The SMILES string of the molecule is COc1cc2c(cc1OC)[C@]1(CC[C@@H](C(=O)N3CCN(c4ncnc5c4cnn5Cc4cccc([N+](=O)[O-])c4)CC3)CC1)NCC2. The van der Waals surface area contributed by atoms with Gasteiger partial charge in [-0.2, -0.15) is 5.10 Å². The molecule has 4 aromatic rings. The number of benzene rings is 2. The topological polar surface area (TPSA) is 141 Å². The van der Waals surface area contributed by atoms with Crippen molar-refractivity contribution in [3.63, 3.8) is 0 Å². The van der Waals surface area contributed by atoms with Gasteiger partial charge >= 0.3 is 0 Å². The number of rotatable bonds is 7. The van der Waals surface area contributed by atoms with Gasteiger partial charge in [0.2, 0.25) is 5.91 Å². The summed E-state index contributed by atoms with van der Waals surface area (Å²) >= 11 is 0. The molecule has 0 unspecified atom stereocenters. The number of aromatic nitrogens is 4. The fraction of sp³-hybridized carbons (Fsp3) is 0.455. The number of anilines is 1. The minimum absolute atomic E-state index is 0.0160. The Morgan fingerprint density at radius 3 is 2.57 bits per heavy atom. The molecule has 0 radical (unpaired) electrons. The van der Waals surface area contributed by atoms with E-state index in [1.165, 1.54) is 23.5 Å². The second-order valence-corrected chi connectivity index (χ2v) is 12.4. The van der Waals surface area contributed by atoms with Crippen LogP contribution >= 0.6 is 0 Å². The summed E-state index contributed by atoms with van der Waals surface area (Å²) in [5.41, 5.74) is 3.91. The number of hydrogen-bond donors (Lipinski definition) is 1. The van der Waals surface area contributed by atoms with Crippen LogP contribution in [0.3, 0.4) is 0 Å². The van der Waals surface area contributed by atoms with E-state index >= 15 is 0 Å². The first-order valence-electron chi connectivity index (χ1n) is 15.8. The number of ether oxygens (including phenoxy) is 2. The summed E-state index contributed by atoms with van der Waals surface area (Å²) in [5, 5.41) is 20.4. The monoisotopic (exact) mass is 626 g/mol. The molecule has 1 spiro atoms. The fourth-order valence-electron chi connectivity index (χ4n) is 7.50. The first-order chi connectivity index (χ1) is 22.4. The van der Waals surface area contributed by atoms with Gasteiger partial charge < -0.3 is 24.6 Å². The zero-order chi connectivity index (χ0) is 31.8. The van der Waals surface area contributed by atoms with Gasteiger partial charge in [0.15, 0.2) is 17.1 Å². The van der Waals surface area contributed by atoms with Crippen LogP contribution in [0, 0.1) is 16.0 Å². The third kappa shape index (κ3) is 5.38. The average molecular weight is 627 g/mol. The molecule has 1 saturated carbocycles. The molecule has 1 N–H and O–H groups in total. The van der Waals surface area contributed by atoms with E-state index in [4.69, 9.17) is 9.47 Å². The number of methoxy groups -OCH3 is 2. The molecule has 4 heterocycles. The predicted octanol–water partition coefficient (Wildman–Crippen LogP) is 3.68. The van der Waals surface area contributed by atoms with E-state index in [-0.39, 0.29) is 23.1 Å². The average Bonchev–Trinajstić information content (AvgIpc) is 3.50. The van der Waals surface area contributed by atoms with E-state index in [9.17, 15) is 14.9 Å². The zero-order valence-corrected chi connectivity index (χ0v) is 26.1. The van der Waals surface area contributed by atoms with E-state index in [1.807, 2.05) is 11.0 Å². The van der Waals surface area contributed by atoms with Gasteiger partial charge in [-0.25, -0.2) is 14.6 Å². The molecular formula is C33H38N8O5. The molecule has 240 valence electrons. The number of nitro benzene ring substituents is 1. The number of amides is 1. The number of hydrogen-bond acceptors (Lipinski definition) is 10. The molecule has 3 aliphatic rings. The fourth-order valence-corrected chi connectivity index (χ4v) is 7.50. The summed E-state index contributed by atoms with van der Waals surface area (Å²) in [5.74, 6) is 2.56. The summed E-state index contributed by atoms with van der Waals surface area (Å²) in [6.07, 6.45) is 7.73. The molecule has 1 amide bonds. The molecule has 1 saturated heterocycles. The van der Waals surface area contributed by atoms with Crippen LogP contribution in [0.2, 0.25) is 0 Å². The molecule has 0 bridgehead atoms. The number of piperazine rings is 1. The van der Waals surface area contributed by atoms with Gasteiger partial charge in [0.1, 0.15) is 12.1 Å². The van der Waals surface area contributed by atoms with E-state index < -0.39 is 4.92 Å². The molecule has 2 aliphatic heterocycles. The highest BCUT2D eigenvalue weighted by Crippen LogP contribution is 2.46. The first kappa shape index (κ1) is 29.9. The number of carbonyl (C=O) groups is 1. The van der Waals surface area contributed by atoms with Gasteiger partial charge in [0.05, 0.1) is 37.3 Å². The lowest BCUT2D eigenvalue weighted by molar-refractivity contribution is -0.384. The van der Waals surface area contributed by atoms with Crippen molar-refractivity contribution in [2.75, 3.05) is 51.8 Å². The predicted molar refractivity (Wildman–Crippen MR) is 171 cm³/mol. The third-order valence-electron chi connectivity index (χ3n) is 9.93. The summed E-state index contributed by atoms with van der Waals surface area (Å²) in [6, 6.07) is 10.8. The summed E-state index contributed by atoms with van der Waals surface area (Å²) in [6.45, 7) is 3.86. The van der Waals surface area contributed by atoms with Crippen molar-refractivity contribution in [3.8, 4) is 11.5 Å². The van der Waals surface area contributed by atoms with Crippen molar-refractivity contribution in [2.24, 2.45) is 5.92 Å². The minimum Gasteiger partial charge on any atom is -0.493 e. The number of non-ortho nitro benzene ring substituents is 1. The molecular weight excluding hydrogens is 588 g/mol. The maximum Gasteiger partial charge on any atom is 0.269 e. The van der Waals surface area contributed by atoms with Crippen LogP contribution in [-0.4, -0.2) is 82.4 Å². The van der Waals surface area contributed by atoms with Gasteiger partial charge in [0, 0.05) is 56.3 Å². The Balaban J connectivity index is 0.993. The standard InChI is InChI=1S/C33H38N8O5/c1-45-28-17-24-8-11-36-33(27(24)18-29(28)46-2)9-6-23(7-10-33)32(42)39-14-12-38(13-15-39)30-26-19-37-40(31(26)35-21-34-30)20-22-4-3-5-25(16-22)41(43)44/h3-5,16-19,21,23,36H,6-15,20H2,1-2H3/t23-,33-. The highest BCUT2D eigenvalue weighted by Gasteiger charge is 2.43. The van der Waals surface area contributed by atoms with Crippen LogP contribution in [0.1, 0.15) is 42.4 Å². The highest BCUT2D eigenvalue weighted by molar-refractivity contribution is 5.87. The second kappa shape index (κ2) is 12.2. The number of fused-ring (bicyclic) bond motifs is 3. The molecule has 2 aromatic heterocycles. The summed E-state index contributed by atoms with van der Waals surface area (Å²) in [7, 11) is 3.34. The Hall–Kier alpha value is -4.78. The molecule has 2 aromatic carbocycles. The van der Waals surface area contributed by atoms with Gasteiger partial charge in [-0.3, -0.25) is 14.9 Å². The number of carbonyl (C=O) groups excluding carboxylic acids is 1. The zero-order valence-electron chi connectivity index (χ0n) is 26.1. The third-order valence-corrected chi connectivity index (χ3v) is 9.93. The Morgan fingerprint density at radius 2 is 1.83 bits per heavy atom. The van der Waals surface area contributed by atoms with Crippen LogP contribution in [-0.2, 0) is 23.3 Å². The van der Waals surface area contributed by atoms with E-state index in [2.05, 4.69) is 37.4 Å². The first-order valence-corrected chi connectivity index (χ1v) is 15.8.